The molecule has 1 aromatic carbocycles. The number of amides is 1. The maximum atomic E-state index is 12.4. The first-order chi connectivity index (χ1) is 12.3. The zero-order chi connectivity index (χ0) is 17.1. The third-order valence-electron chi connectivity index (χ3n) is 5.08. The van der Waals surface area contributed by atoms with Crippen molar-refractivity contribution in [1.29, 1.82) is 0 Å². The van der Waals surface area contributed by atoms with Crippen molar-refractivity contribution in [1.82, 2.24) is 15.1 Å². The van der Waals surface area contributed by atoms with Gasteiger partial charge in [0.25, 0.3) is 5.91 Å². The number of carbonyl (C=O) groups excluding carboxylic acids is 1. The molecule has 0 unspecified atom stereocenters. The molecule has 0 bridgehead atoms. The zero-order valence-electron chi connectivity index (χ0n) is 14.3. The summed E-state index contributed by atoms with van der Waals surface area (Å²) in [5.74, 6) is 1.90. The number of piperidine rings is 1. The van der Waals surface area contributed by atoms with E-state index in [1.165, 1.54) is 0 Å². The molecule has 6 heteroatoms. The number of likely N-dealkylation sites (tertiary alicyclic amines) is 1. The van der Waals surface area contributed by atoms with Gasteiger partial charge in [-0.2, -0.15) is 0 Å². The normalized spacial score (nSPS) is 21.6. The average molecular weight is 341 g/mol. The second-order valence-electron chi connectivity index (χ2n) is 6.84. The molecule has 132 valence electrons. The van der Waals surface area contributed by atoms with E-state index in [-0.39, 0.29) is 12.0 Å². The lowest BCUT2D eigenvalue weighted by Gasteiger charge is -2.32. The Kier molecular flexibility index (Phi) is 4.78. The van der Waals surface area contributed by atoms with Crippen LogP contribution in [-0.2, 0) is 16.0 Å². The fraction of sp³-hybridized carbons (Fsp3) is 0.526. The largest absolute Gasteiger partial charge is 0.421 e. The number of hydrogen-bond donors (Lipinski definition) is 0. The summed E-state index contributed by atoms with van der Waals surface area (Å²) in [7, 11) is 0. The molecule has 2 aliphatic rings. The minimum absolute atomic E-state index is 0.167. The van der Waals surface area contributed by atoms with Gasteiger partial charge >= 0.3 is 0 Å². The van der Waals surface area contributed by atoms with E-state index in [1.807, 2.05) is 35.2 Å². The van der Waals surface area contributed by atoms with Gasteiger partial charge in [-0.3, -0.25) is 4.79 Å². The molecule has 0 aliphatic carbocycles. The molecule has 0 saturated carbocycles. The Balaban J connectivity index is 1.30. The lowest BCUT2D eigenvalue weighted by Crippen LogP contribution is -2.44. The van der Waals surface area contributed by atoms with E-state index < -0.39 is 0 Å². The maximum Gasteiger partial charge on any atom is 0.251 e. The van der Waals surface area contributed by atoms with Gasteiger partial charge in [-0.15, -0.1) is 10.2 Å². The summed E-state index contributed by atoms with van der Waals surface area (Å²) in [5.41, 5.74) is 0.943. The van der Waals surface area contributed by atoms with Crippen LogP contribution in [0.4, 0.5) is 0 Å². The average Bonchev–Trinajstić information content (AvgIpc) is 3.35. The fourth-order valence-electron chi connectivity index (χ4n) is 3.61. The Morgan fingerprint density at radius 1 is 1.12 bits per heavy atom. The summed E-state index contributed by atoms with van der Waals surface area (Å²) in [6, 6.07) is 9.81. The van der Waals surface area contributed by atoms with E-state index in [4.69, 9.17) is 9.15 Å². The van der Waals surface area contributed by atoms with Crippen molar-refractivity contribution in [2.24, 2.45) is 5.92 Å². The van der Waals surface area contributed by atoms with Crippen LogP contribution >= 0.6 is 0 Å². The number of carbonyl (C=O) groups is 1. The van der Waals surface area contributed by atoms with Gasteiger partial charge in [0, 0.05) is 31.7 Å². The maximum absolute atomic E-state index is 12.4. The Hall–Kier alpha value is -2.21. The molecular formula is C19H23N3O3. The van der Waals surface area contributed by atoms with Crippen LogP contribution in [0.2, 0.25) is 0 Å². The second-order valence-corrected chi connectivity index (χ2v) is 6.84. The molecule has 1 amide bonds. The third kappa shape index (κ3) is 3.74. The molecule has 0 N–H and O–H groups in total. The lowest BCUT2D eigenvalue weighted by atomic mass is 9.93. The van der Waals surface area contributed by atoms with Crippen LogP contribution in [0.25, 0.3) is 11.5 Å². The van der Waals surface area contributed by atoms with E-state index in [0.717, 1.165) is 50.8 Å². The summed E-state index contributed by atoms with van der Waals surface area (Å²) in [6.45, 7) is 2.31. The van der Waals surface area contributed by atoms with Crippen molar-refractivity contribution in [3.8, 4) is 11.5 Å². The second kappa shape index (κ2) is 7.35. The van der Waals surface area contributed by atoms with Gasteiger partial charge in [0.2, 0.25) is 11.8 Å². The topological polar surface area (TPSA) is 68.5 Å². The lowest BCUT2D eigenvalue weighted by molar-refractivity contribution is -0.142. The third-order valence-corrected chi connectivity index (χ3v) is 5.08. The van der Waals surface area contributed by atoms with Crippen LogP contribution in [0.1, 0.15) is 31.6 Å². The number of benzene rings is 1. The highest BCUT2D eigenvalue weighted by Crippen LogP contribution is 2.25. The van der Waals surface area contributed by atoms with E-state index in [1.54, 1.807) is 0 Å². The molecular weight excluding hydrogens is 318 g/mol. The van der Waals surface area contributed by atoms with Crippen molar-refractivity contribution in [3.05, 3.63) is 36.2 Å². The molecule has 2 aliphatic heterocycles. The van der Waals surface area contributed by atoms with Crippen LogP contribution in [0.15, 0.2) is 34.7 Å². The summed E-state index contributed by atoms with van der Waals surface area (Å²) in [5, 5.41) is 8.34. The van der Waals surface area contributed by atoms with Gasteiger partial charge in [0.15, 0.2) is 0 Å². The number of hydrogen-bond acceptors (Lipinski definition) is 5. The summed E-state index contributed by atoms with van der Waals surface area (Å²) in [6.07, 6.45) is 4.38. The van der Waals surface area contributed by atoms with Gasteiger partial charge in [0.05, 0.1) is 0 Å². The number of rotatable bonds is 4. The molecule has 1 atom stereocenters. The Morgan fingerprint density at radius 2 is 1.92 bits per heavy atom. The van der Waals surface area contributed by atoms with E-state index in [0.29, 0.717) is 24.3 Å². The quantitative estimate of drug-likeness (QED) is 0.855. The van der Waals surface area contributed by atoms with Crippen molar-refractivity contribution in [2.75, 3.05) is 19.7 Å². The van der Waals surface area contributed by atoms with Crippen molar-refractivity contribution in [3.63, 3.8) is 0 Å². The van der Waals surface area contributed by atoms with Gasteiger partial charge in [-0.1, -0.05) is 18.2 Å². The molecule has 1 aromatic heterocycles. The van der Waals surface area contributed by atoms with Crippen LogP contribution in [0.5, 0.6) is 0 Å². The molecule has 0 radical (unpaired) electrons. The first-order valence-corrected chi connectivity index (χ1v) is 9.08. The van der Waals surface area contributed by atoms with Crippen LogP contribution in [0.3, 0.4) is 0 Å². The molecule has 6 nitrogen and oxygen atoms in total. The van der Waals surface area contributed by atoms with Crippen LogP contribution in [-0.4, -0.2) is 46.8 Å². The van der Waals surface area contributed by atoms with Gasteiger partial charge < -0.3 is 14.1 Å². The van der Waals surface area contributed by atoms with Crippen molar-refractivity contribution in [2.45, 2.75) is 38.2 Å². The molecule has 0 spiro atoms. The SMILES string of the molecule is O=C([C@H]1CCCO1)N1CCC(Cc2nnc(-c3ccccc3)o2)CC1. The van der Waals surface area contributed by atoms with E-state index in [2.05, 4.69) is 10.2 Å². The number of ether oxygens (including phenoxy) is 1. The first-order valence-electron chi connectivity index (χ1n) is 9.08. The molecule has 2 aromatic rings. The highest BCUT2D eigenvalue weighted by molar-refractivity contribution is 5.81. The number of aromatic nitrogens is 2. The Bertz CT molecular complexity index is 702. The van der Waals surface area contributed by atoms with Crippen molar-refractivity contribution >= 4 is 5.91 Å². The van der Waals surface area contributed by atoms with E-state index in [9.17, 15) is 4.79 Å². The molecule has 4 rings (SSSR count). The fourth-order valence-corrected chi connectivity index (χ4v) is 3.61. The van der Waals surface area contributed by atoms with Crippen molar-refractivity contribution < 1.29 is 13.9 Å². The summed E-state index contributed by atoms with van der Waals surface area (Å²) in [4.78, 5) is 14.3. The minimum Gasteiger partial charge on any atom is -0.421 e. The summed E-state index contributed by atoms with van der Waals surface area (Å²) >= 11 is 0. The highest BCUT2D eigenvalue weighted by Gasteiger charge is 2.31. The first kappa shape index (κ1) is 16.3. The highest BCUT2D eigenvalue weighted by atomic mass is 16.5. The van der Waals surface area contributed by atoms with Gasteiger partial charge in [-0.05, 0) is 43.7 Å². The van der Waals surface area contributed by atoms with Gasteiger partial charge in [0.1, 0.15) is 6.10 Å². The van der Waals surface area contributed by atoms with Gasteiger partial charge in [-0.25, -0.2) is 0 Å². The minimum atomic E-state index is -0.207. The monoisotopic (exact) mass is 341 g/mol. The zero-order valence-corrected chi connectivity index (χ0v) is 14.3. The van der Waals surface area contributed by atoms with Crippen LogP contribution < -0.4 is 0 Å². The van der Waals surface area contributed by atoms with E-state index >= 15 is 0 Å². The Morgan fingerprint density at radius 3 is 2.64 bits per heavy atom. The smallest absolute Gasteiger partial charge is 0.251 e. The number of nitrogens with zero attached hydrogens (tertiary/aromatic N) is 3. The molecule has 2 fully saturated rings. The Labute approximate surface area is 147 Å². The molecule has 2 saturated heterocycles. The molecule has 25 heavy (non-hydrogen) atoms. The predicted molar refractivity (Wildman–Crippen MR) is 91.7 cm³/mol. The molecule has 3 heterocycles. The predicted octanol–water partition coefficient (Wildman–Crippen LogP) is 2.70. The summed E-state index contributed by atoms with van der Waals surface area (Å²) < 4.78 is 11.3. The standard InChI is InChI=1S/C19H23N3O3/c23-19(16-7-4-12-24-16)22-10-8-14(9-11-22)13-17-20-21-18(25-17)15-5-2-1-3-6-15/h1-3,5-6,14,16H,4,7-13H2/t16-/m1/s1. The van der Waals surface area contributed by atoms with Crippen LogP contribution in [0, 0.1) is 5.92 Å².